The topological polar surface area (TPSA) is 65.1 Å². The van der Waals surface area contributed by atoms with E-state index in [0.29, 0.717) is 0 Å². The predicted octanol–water partition coefficient (Wildman–Crippen LogP) is 4.12. The predicted molar refractivity (Wildman–Crippen MR) is 131 cm³/mol. The summed E-state index contributed by atoms with van der Waals surface area (Å²) >= 11 is 1.67. The molecular weight excluding hydrogens is 416 g/mol. The lowest BCUT2D eigenvalue weighted by Crippen LogP contribution is -2.52. The van der Waals surface area contributed by atoms with Gasteiger partial charge in [0, 0.05) is 54.1 Å². The number of hydrogen-bond donors (Lipinski definition) is 2. The Hall–Kier alpha value is -2.80. The van der Waals surface area contributed by atoms with Gasteiger partial charge in [-0.1, -0.05) is 60.3 Å². The molecule has 1 saturated heterocycles. The molecule has 164 valence electrons. The number of fused-ring (bicyclic) bond motifs is 2. The number of piperazine rings is 1. The lowest BCUT2D eigenvalue weighted by atomic mass is 10.1. The number of benzene rings is 3. The monoisotopic (exact) mass is 444 g/mol. The molecule has 0 spiro atoms. The summed E-state index contributed by atoms with van der Waals surface area (Å²) in [6.07, 6.45) is 0.905. The number of nitrogens with two attached hydrogens (primary N) is 1. The van der Waals surface area contributed by atoms with Crippen molar-refractivity contribution in [1.29, 1.82) is 0 Å². The van der Waals surface area contributed by atoms with Gasteiger partial charge in [-0.25, -0.2) is 4.99 Å². The van der Waals surface area contributed by atoms with Gasteiger partial charge in [-0.3, -0.25) is 4.90 Å². The molecule has 1 fully saturated rings. The van der Waals surface area contributed by atoms with E-state index < -0.39 is 0 Å². The molecule has 1 atom stereocenters. The van der Waals surface area contributed by atoms with Crippen LogP contribution < -0.4 is 5.73 Å². The van der Waals surface area contributed by atoms with E-state index >= 15 is 0 Å². The first-order chi connectivity index (χ1) is 15.7. The molecule has 6 heteroatoms. The first-order valence-corrected chi connectivity index (χ1v) is 11.9. The minimum Gasteiger partial charge on any atom is -0.508 e. The molecule has 3 aromatic carbocycles. The molecule has 5 nitrogen and oxygen atoms in total. The number of amidine groups is 1. The van der Waals surface area contributed by atoms with Crippen LogP contribution >= 0.6 is 11.8 Å². The third-order valence-electron chi connectivity index (χ3n) is 6.02. The van der Waals surface area contributed by atoms with E-state index in [4.69, 9.17) is 10.7 Å². The molecule has 32 heavy (non-hydrogen) atoms. The molecule has 0 bridgehead atoms. The average Bonchev–Trinajstić information content (AvgIpc) is 2.96. The van der Waals surface area contributed by atoms with Crippen molar-refractivity contribution in [2.75, 3.05) is 32.7 Å². The highest BCUT2D eigenvalue weighted by molar-refractivity contribution is 7.99. The molecule has 3 aromatic rings. The van der Waals surface area contributed by atoms with Gasteiger partial charge < -0.3 is 15.7 Å². The zero-order valence-corrected chi connectivity index (χ0v) is 18.8. The van der Waals surface area contributed by atoms with Crippen molar-refractivity contribution >= 4 is 23.3 Å². The Morgan fingerprint density at radius 2 is 1.66 bits per heavy atom. The maximum Gasteiger partial charge on any atom is 0.137 e. The summed E-state index contributed by atoms with van der Waals surface area (Å²) in [4.78, 5) is 12.1. The normalized spacial score (nSPS) is 17.2. The summed E-state index contributed by atoms with van der Waals surface area (Å²) in [7, 11) is 0. The molecule has 2 aliphatic rings. The van der Waals surface area contributed by atoms with Gasteiger partial charge in [-0.2, -0.15) is 0 Å². The number of nitrogens with zero attached hydrogens (tertiary/aromatic N) is 3. The smallest absolute Gasteiger partial charge is 0.137 e. The zero-order chi connectivity index (χ0) is 21.9. The Bertz CT molecular complexity index is 1110. The van der Waals surface area contributed by atoms with Crippen LogP contribution in [0.4, 0.5) is 5.69 Å². The van der Waals surface area contributed by atoms with Crippen molar-refractivity contribution in [3.05, 3.63) is 83.9 Å². The summed E-state index contributed by atoms with van der Waals surface area (Å²) in [6, 6.07) is 24.4. The minimum absolute atomic E-state index is 0.135. The molecule has 0 aliphatic carbocycles. The second-order valence-corrected chi connectivity index (χ2v) is 9.51. The fourth-order valence-corrected chi connectivity index (χ4v) is 5.46. The van der Waals surface area contributed by atoms with E-state index in [9.17, 15) is 5.11 Å². The van der Waals surface area contributed by atoms with Gasteiger partial charge in [-0.05, 0) is 36.2 Å². The maximum atomic E-state index is 9.95. The number of hydrogen-bond acceptors (Lipinski definition) is 6. The van der Waals surface area contributed by atoms with Crippen molar-refractivity contribution in [2.45, 2.75) is 22.3 Å². The van der Waals surface area contributed by atoms with Crippen molar-refractivity contribution < 1.29 is 5.11 Å². The second-order valence-electron chi connectivity index (χ2n) is 8.42. The molecule has 0 unspecified atom stereocenters. The average molecular weight is 445 g/mol. The highest BCUT2D eigenvalue weighted by Gasteiger charge is 2.26. The summed E-state index contributed by atoms with van der Waals surface area (Å²) in [5.41, 5.74) is 9.82. The van der Waals surface area contributed by atoms with Crippen LogP contribution in [0.2, 0.25) is 0 Å². The van der Waals surface area contributed by atoms with E-state index in [1.54, 1.807) is 23.9 Å². The molecule has 2 aliphatic heterocycles. The van der Waals surface area contributed by atoms with Crippen molar-refractivity contribution in [3.8, 4) is 5.75 Å². The number of rotatable bonds is 4. The molecule has 3 N–H and O–H groups in total. The first-order valence-electron chi connectivity index (χ1n) is 11.1. The van der Waals surface area contributed by atoms with E-state index in [1.165, 1.54) is 10.5 Å². The molecule has 0 radical (unpaired) electrons. The van der Waals surface area contributed by atoms with Crippen LogP contribution in [0.25, 0.3) is 0 Å². The summed E-state index contributed by atoms with van der Waals surface area (Å²) in [5, 5.41) is 9.95. The largest absolute Gasteiger partial charge is 0.508 e. The van der Waals surface area contributed by atoms with Crippen LogP contribution in [0.3, 0.4) is 0 Å². The minimum atomic E-state index is 0.135. The summed E-state index contributed by atoms with van der Waals surface area (Å²) in [5.74, 6) is 1.29. The van der Waals surface area contributed by atoms with Crippen LogP contribution in [0.15, 0.2) is 87.6 Å². The van der Waals surface area contributed by atoms with Crippen LogP contribution in [0.1, 0.15) is 11.1 Å². The van der Waals surface area contributed by atoms with Gasteiger partial charge in [-0.15, -0.1) is 0 Å². The molecule has 0 aromatic heterocycles. The van der Waals surface area contributed by atoms with E-state index in [2.05, 4.69) is 58.3 Å². The second kappa shape index (κ2) is 9.36. The SMILES string of the molecule is N[C@H](Cc1ccccc1)CN1CCN(C2=Nc3ccc(O)cc3Sc3ccccc32)CC1. The number of phenolic OH excluding ortho intramolecular Hbond substituents is 1. The third kappa shape index (κ3) is 4.67. The van der Waals surface area contributed by atoms with E-state index in [-0.39, 0.29) is 11.8 Å². The highest BCUT2D eigenvalue weighted by Crippen LogP contribution is 2.42. The quantitative estimate of drug-likeness (QED) is 0.634. The number of phenols is 1. The van der Waals surface area contributed by atoms with Crippen LogP contribution in [0.5, 0.6) is 5.75 Å². The number of aromatic hydroxyl groups is 1. The summed E-state index contributed by atoms with van der Waals surface area (Å²) in [6.45, 7) is 4.69. The lowest BCUT2D eigenvalue weighted by molar-refractivity contribution is 0.173. The van der Waals surface area contributed by atoms with Gasteiger partial charge in [0.2, 0.25) is 0 Å². The Kier molecular flexibility index (Phi) is 6.17. The third-order valence-corrected chi connectivity index (χ3v) is 7.15. The highest BCUT2D eigenvalue weighted by atomic mass is 32.2. The Balaban J connectivity index is 1.29. The molecular formula is C26H28N4OS. The Labute approximate surface area is 193 Å². The fourth-order valence-electron chi connectivity index (χ4n) is 4.41. The molecule has 5 rings (SSSR count). The van der Waals surface area contributed by atoms with Crippen molar-refractivity contribution in [3.63, 3.8) is 0 Å². The Morgan fingerprint density at radius 3 is 2.47 bits per heavy atom. The zero-order valence-electron chi connectivity index (χ0n) is 18.0. The molecule has 2 heterocycles. The molecule has 0 amide bonds. The van der Waals surface area contributed by atoms with Gasteiger partial charge >= 0.3 is 0 Å². The van der Waals surface area contributed by atoms with Gasteiger partial charge in [0.15, 0.2) is 0 Å². The maximum absolute atomic E-state index is 9.95. The van der Waals surface area contributed by atoms with Crippen molar-refractivity contribution in [2.24, 2.45) is 10.7 Å². The number of aliphatic imine (C=N–C) groups is 1. The Morgan fingerprint density at radius 1 is 0.906 bits per heavy atom. The standard InChI is InChI=1S/C26H28N4OS/c27-20(16-19-6-2-1-3-7-19)18-29-12-14-30(15-13-29)26-22-8-4-5-9-24(22)32-25-17-21(31)10-11-23(25)28-26/h1-11,17,20,31H,12-16,18,27H2/t20-/m1/s1. The first kappa shape index (κ1) is 21.1. The molecule has 0 saturated carbocycles. The van der Waals surface area contributed by atoms with E-state index in [1.807, 2.05) is 12.1 Å². The lowest BCUT2D eigenvalue weighted by Gasteiger charge is -2.37. The van der Waals surface area contributed by atoms with E-state index in [0.717, 1.165) is 61.1 Å². The van der Waals surface area contributed by atoms with Gasteiger partial charge in [0.1, 0.15) is 11.6 Å². The van der Waals surface area contributed by atoms with Crippen LogP contribution in [-0.4, -0.2) is 59.5 Å². The summed E-state index contributed by atoms with van der Waals surface area (Å²) < 4.78 is 0. The van der Waals surface area contributed by atoms with Crippen LogP contribution in [-0.2, 0) is 6.42 Å². The van der Waals surface area contributed by atoms with Gasteiger partial charge in [0.25, 0.3) is 0 Å². The van der Waals surface area contributed by atoms with Crippen molar-refractivity contribution in [1.82, 2.24) is 9.80 Å². The van der Waals surface area contributed by atoms with Gasteiger partial charge in [0.05, 0.1) is 5.69 Å². The van der Waals surface area contributed by atoms with Crippen LogP contribution in [0, 0.1) is 0 Å². The fraction of sp³-hybridized carbons (Fsp3) is 0.269.